The molecule has 0 fully saturated rings. The van der Waals surface area contributed by atoms with E-state index in [4.69, 9.17) is 0 Å². The first-order valence-corrected chi connectivity index (χ1v) is 3.25. The van der Waals surface area contributed by atoms with Crippen LogP contribution in [0.1, 0.15) is 20.8 Å². The number of nitrogens with one attached hydrogen (secondary N) is 1. The van der Waals surface area contributed by atoms with Crippen molar-refractivity contribution in [2.24, 2.45) is 0 Å². The molecule has 0 unspecified atom stereocenters. The predicted molar refractivity (Wildman–Crippen MR) is 32.8 cm³/mol. The topological polar surface area (TPSA) is 12.0 Å². The predicted octanol–water partition coefficient (Wildman–Crippen LogP) is -12.3. The van der Waals surface area contributed by atoms with Crippen LogP contribution in [-0.2, 0) is 21.7 Å². The Bertz CT molecular complexity index is 51.8. The average molecular weight is 293 g/mol. The molecule has 0 aliphatic carbocycles. The summed E-state index contributed by atoms with van der Waals surface area (Å²) in [5, 5.41) is 0. The molecule has 0 aromatic rings. The molecule has 0 heterocycles. The summed E-state index contributed by atoms with van der Waals surface area (Å²) in [5.74, 6) is 0. The molecule has 0 saturated heterocycles. The van der Waals surface area contributed by atoms with Crippen molar-refractivity contribution in [1.29, 1.82) is 0 Å². The number of hydrogen-bond donors (Lipinski definition) is 1. The molecule has 0 saturated carbocycles. The van der Waals surface area contributed by atoms with E-state index in [0.717, 1.165) is 10.4 Å². The molecule has 1 nitrogen and oxygen atoms in total. The van der Waals surface area contributed by atoms with Gasteiger partial charge in [-0.05, 0) is 20.8 Å². The fourth-order valence-electron chi connectivity index (χ4n) is 0. The van der Waals surface area contributed by atoms with E-state index < -0.39 is 0 Å². The van der Waals surface area contributed by atoms with Gasteiger partial charge in [-0.3, -0.25) is 0 Å². The van der Waals surface area contributed by atoms with Crippen LogP contribution in [0.3, 0.4) is 0 Å². The monoisotopic (exact) mass is 291 g/mol. The van der Waals surface area contributed by atoms with Gasteiger partial charge in [0, 0.05) is 5.54 Å². The standard InChI is InChI=1S/C4H13NSi.4ClH.Ti/c1-4(2,3)5-6;;;;;/h5H,1-3,6H3;4*1H;/q;;;;;+4/p-4. The van der Waals surface area contributed by atoms with Gasteiger partial charge in [-0.2, -0.15) is 0 Å². The van der Waals surface area contributed by atoms with E-state index in [1.54, 1.807) is 0 Å². The molecule has 0 aromatic carbocycles. The molecule has 0 aliphatic heterocycles. The second kappa shape index (κ2) is 18.0. The zero-order valence-corrected chi connectivity index (χ0v) is 13.6. The largest absolute Gasteiger partial charge is 4.00 e. The first-order valence-electron chi connectivity index (χ1n) is 2.25. The van der Waals surface area contributed by atoms with Crippen LogP contribution in [0.5, 0.6) is 0 Å². The first kappa shape index (κ1) is 38.1. The van der Waals surface area contributed by atoms with Crippen molar-refractivity contribution in [2.45, 2.75) is 26.3 Å². The van der Waals surface area contributed by atoms with Crippen LogP contribution in [0.2, 0.25) is 0 Å². The van der Waals surface area contributed by atoms with Gasteiger partial charge in [-0.15, -0.1) is 0 Å². The molecule has 70 valence electrons. The van der Waals surface area contributed by atoms with Crippen molar-refractivity contribution in [3.05, 3.63) is 0 Å². The molecule has 0 amide bonds. The Balaban J connectivity index is -0.0000000125. The Morgan fingerprint density at radius 1 is 0.909 bits per heavy atom. The van der Waals surface area contributed by atoms with Crippen LogP contribution in [0.4, 0.5) is 0 Å². The maximum atomic E-state index is 3.24. The van der Waals surface area contributed by atoms with Crippen molar-refractivity contribution < 1.29 is 71.3 Å². The van der Waals surface area contributed by atoms with Crippen LogP contribution in [0.15, 0.2) is 0 Å². The molecule has 0 spiro atoms. The van der Waals surface area contributed by atoms with E-state index in [0.29, 0.717) is 5.54 Å². The SMILES string of the molecule is CC(C)(C)N[SiH3].[Cl-].[Cl-].[Cl-].[Cl-].[Ti+4]. The molecule has 11 heavy (non-hydrogen) atoms. The zero-order valence-electron chi connectivity index (χ0n) is 7.01. The molecule has 0 aliphatic rings. The van der Waals surface area contributed by atoms with Crippen molar-refractivity contribution >= 4 is 10.4 Å². The first-order chi connectivity index (χ1) is 2.56. The molecule has 7 heteroatoms. The summed E-state index contributed by atoms with van der Waals surface area (Å²) in [6.07, 6.45) is 0. The minimum atomic E-state index is 0. The maximum absolute atomic E-state index is 3.24. The number of hydrogen-bond acceptors (Lipinski definition) is 1. The third-order valence-corrected chi connectivity index (χ3v) is 2.25. The number of rotatable bonds is 0. The summed E-state index contributed by atoms with van der Waals surface area (Å²) in [7, 11) is 1.10. The second-order valence-corrected chi connectivity index (χ2v) is 3.00. The van der Waals surface area contributed by atoms with E-state index >= 15 is 0 Å². The Morgan fingerprint density at radius 3 is 1.00 bits per heavy atom. The van der Waals surface area contributed by atoms with E-state index in [2.05, 4.69) is 25.8 Å². The summed E-state index contributed by atoms with van der Waals surface area (Å²) in [4.78, 5) is 3.24. The van der Waals surface area contributed by atoms with Crippen molar-refractivity contribution in [1.82, 2.24) is 4.98 Å². The number of halogens is 4. The molecule has 0 radical (unpaired) electrons. The fraction of sp³-hybridized carbons (Fsp3) is 1.00. The normalized spacial score (nSPS) is 6.82. The molecule has 1 N–H and O–H groups in total. The van der Waals surface area contributed by atoms with Crippen molar-refractivity contribution in [3.8, 4) is 0 Å². The van der Waals surface area contributed by atoms with Gasteiger partial charge in [0.25, 0.3) is 0 Å². The van der Waals surface area contributed by atoms with Gasteiger partial charge in [-0.1, -0.05) is 0 Å². The zero-order chi connectivity index (χ0) is 5.21. The van der Waals surface area contributed by atoms with Gasteiger partial charge < -0.3 is 54.6 Å². The second-order valence-electron chi connectivity index (χ2n) is 2.50. The summed E-state index contributed by atoms with van der Waals surface area (Å²) < 4.78 is 0. The third-order valence-electron chi connectivity index (χ3n) is 0.750. The Hall–Kier alpha value is 2.05. The smallest absolute Gasteiger partial charge is 1.00 e. The molecular weight excluding hydrogens is 280 g/mol. The summed E-state index contributed by atoms with van der Waals surface area (Å²) in [6.45, 7) is 6.50. The van der Waals surface area contributed by atoms with Crippen LogP contribution in [0.25, 0.3) is 0 Å². The minimum Gasteiger partial charge on any atom is -1.00 e. The van der Waals surface area contributed by atoms with E-state index in [9.17, 15) is 0 Å². The van der Waals surface area contributed by atoms with E-state index in [1.165, 1.54) is 0 Å². The van der Waals surface area contributed by atoms with E-state index in [-0.39, 0.29) is 71.3 Å². The molecule has 0 aromatic heterocycles. The molecule has 0 atom stereocenters. The molecular formula is C4H13Cl4NSiTi. The Kier molecular flexibility index (Phi) is 62.3. The molecule has 0 bridgehead atoms. The third kappa shape index (κ3) is 47.7. The van der Waals surface area contributed by atoms with Gasteiger partial charge in [0.2, 0.25) is 0 Å². The van der Waals surface area contributed by atoms with Gasteiger partial charge in [0.05, 0.1) is 10.4 Å². The average Bonchev–Trinajstić information content (AvgIpc) is 1.35. The Labute approximate surface area is 112 Å². The van der Waals surface area contributed by atoms with Crippen LogP contribution in [-0.4, -0.2) is 15.9 Å². The Morgan fingerprint density at radius 2 is 1.00 bits per heavy atom. The maximum Gasteiger partial charge on any atom is 4.00 e. The minimum absolute atomic E-state index is 0. The van der Waals surface area contributed by atoms with Crippen molar-refractivity contribution in [3.63, 3.8) is 0 Å². The summed E-state index contributed by atoms with van der Waals surface area (Å²) in [6, 6.07) is 0. The van der Waals surface area contributed by atoms with Gasteiger partial charge in [0.15, 0.2) is 0 Å². The van der Waals surface area contributed by atoms with Gasteiger partial charge in [-0.25, -0.2) is 0 Å². The molecule has 0 rings (SSSR count). The van der Waals surface area contributed by atoms with Crippen LogP contribution >= 0.6 is 0 Å². The fourth-order valence-corrected chi connectivity index (χ4v) is 0. The van der Waals surface area contributed by atoms with Gasteiger partial charge >= 0.3 is 21.7 Å². The van der Waals surface area contributed by atoms with Crippen LogP contribution in [0, 0.1) is 0 Å². The van der Waals surface area contributed by atoms with Crippen molar-refractivity contribution in [2.75, 3.05) is 0 Å². The van der Waals surface area contributed by atoms with Crippen LogP contribution < -0.4 is 54.6 Å². The quantitative estimate of drug-likeness (QED) is 0.437. The summed E-state index contributed by atoms with van der Waals surface area (Å²) >= 11 is 0. The summed E-state index contributed by atoms with van der Waals surface area (Å²) in [5.41, 5.74) is 0.353. The van der Waals surface area contributed by atoms with E-state index in [1.807, 2.05) is 0 Å². The van der Waals surface area contributed by atoms with Gasteiger partial charge in [0.1, 0.15) is 0 Å².